The summed E-state index contributed by atoms with van der Waals surface area (Å²) < 4.78 is 39.2. The van der Waals surface area contributed by atoms with Crippen LogP contribution in [0, 0.1) is 11.6 Å². The van der Waals surface area contributed by atoms with E-state index in [1.165, 1.54) is 32.4 Å². The summed E-state index contributed by atoms with van der Waals surface area (Å²) in [5, 5.41) is 2.74. The lowest BCUT2D eigenvalue weighted by molar-refractivity contribution is -0.131. The van der Waals surface area contributed by atoms with Crippen LogP contribution in [0.25, 0.3) is 0 Å². The first-order valence-corrected chi connectivity index (χ1v) is 9.66. The van der Waals surface area contributed by atoms with E-state index >= 15 is 0 Å². The van der Waals surface area contributed by atoms with Crippen molar-refractivity contribution in [3.8, 4) is 5.75 Å². The molecule has 2 aromatic rings. The normalized spacial score (nSPS) is 23.3. The SMILES string of the molecule is CC[C@@]1(C)C[C@H](c2ccc(F)c(F)c2OC)[C@@H](C(=O)Nc2ccnc(C(C)=O)c2)O1. The van der Waals surface area contributed by atoms with E-state index in [-0.39, 0.29) is 17.2 Å². The number of hydrogen-bond acceptors (Lipinski definition) is 5. The van der Waals surface area contributed by atoms with Gasteiger partial charge in [0.2, 0.25) is 5.82 Å². The lowest BCUT2D eigenvalue weighted by atomic mass is 9.85. The summed E-state index contributed by atoms with van der Waals surface area (Å²) in [4.78, 5) is 28.6. The molecule has 0 spiro atoms. The summed E-state index contributed by atoms with van der Waals surface area (Å²) in [6.07, 6.45) is 1.53. The van der Waals surface area contributed by atoms with Crippen molar-refractivity contribution < 1.29 is 27.8 Å². The second-order valence-corrected chi connectivity index (χ2v) is 7.61. The van der Waals surface area contributed by atoms with Gasteiger partial charge in [-0.15, -0.1) is 0 Å². The Labute approximate surface area is 173 Å². The fourth-order valence-electron chi connectivity index (χ4n) is 3.71. The zero-order valence-corrected chi connectivity index (χ0v) is 17.3. The molecule has 0 aliphatic carbocycles. The lowest BCUT2D eigenvalue weighted by Crippen LogP contribution is -2.34. The zero-order chi connectivity index (χ0) is 22.1. The highest BCUT2D eigenvalue weighted by molar-refractivity contribution is 5.97. The van der Waals surface area contributed by atoms with E-state index in [1.807, 2.05) is 13.8 Å². The van der Waals surface area contributed by atoms with E-state index in [2.05, 4.69) is 10.3 Å². The molecule has 6 nitrogen and oxygen atoms in total. The van der Waals surface area contributed by atoms with Crippen LogP contribution in [-0.4, -0.2) is 35.5 Å². The fraction of sp³-hybridized carbons (Fsp3) is 0.409. The number of pyridine rings is 1. The van der Waals surface area contributed by atoms with Crippen LogP contribution in [-0.2, 0) is 9.53 Å². The van der Waals surface area contributed by atoms with Gasteiger partial charge in [-0.3, -0.25) is 14.6 Å². The highest BCUT2D eigenvalue weighted by atomic mass is 19.2. The number of nitrogens with one attached hydrogen (secondary N) is 1. The molecule has 1 saturated heterocycles. The maximum atomic E-state index is 14.3. The number of halogens is 2. The number of hydrogen-bond donors (Lipinski definition) is 1. The summed E-state index contributed by atoms with van der Waals surface area (Å²) in [5.41, 5.74) is 0.362. The minimum absolute atomic E-state index is 0.220. The Morgan fingerprint density at radius 2 is 2.07 bits per heavy atom. The van der Waals surface area contributed by atoms with Crippen molar-refractivity contribution in [1.29, 1.82) is 0 Å². The summed E-state index contributed by atoms with van der Waals surface area (Å²) in [5.74, 6) is -3.59. The van der Waals surface area contributed by atoms with Crippen molar-refractivity contribution in [1.82, 2.24) is 4.98 Å². The van der Waals surface area contributed by atoms with Gasteiger partial charge in [-0.1, -0.05) is 13.0 Å². The summed E-state index contributed by atoms with van der Waals surface area (Å²) in [7, 11) is 1.26. The molecule has 3 atom stereocenters. The summed E-state index contributed by atoms with van der Waals surface area (Å²) in [6, 6.07) is 5.48. The van der Waals surface area contributed by atoms with Gasteiger partial charge in [-0.2, -0.15) is 4.39 Å². The van der Waals surface area contributed by atoms with Crippen LogP contribution in [0.1, 0.15) is 55.6 Å². The quantitative estimate of drug-likeness (QED) is 0.710. The molecule has 1 fully saturated rings. The molecule has 1 aliphatic rings. The predicted molar refractivity (Wildman–Crippen MR) is 107 cm³/mol. The third-order valence-corrected chi connectivity index (χ3v) is 5.51. The van der Waals surface area contributed by atoms with Crippen molar-refractivity contribution in [3.05, 3.63) is 53.4 Å². The van der Waals surface area contributed by atoms with E-state index in [0.29, 0.717) is 24.1 Å². The smallest absolute Gasteiger partial charge is 0.254 e. The van der Waals surface area contributed by atoms with Gasteiger partial charge in [-0.05, 0) is 38.0 Å². The second-order valence-electron chi connectivity index (χ2n) is 7.61. The number of aromatic nitrogens is 1. The maximum Gasteiger partial charge on any atom is 0.254 e. The van der Waals surface area contributed by atoms with E-state index in [9.17, 15) is 18.4 Å². The van der Waals surface area contributed by atoms with Gasteiger partial charge in [-0.25, -0.2) is 4.39 Å². The number of ketones is 1. The number of carbonyl (C=O) groups excluding carboxylic acids is 2. The number of nitrogens with zero attached hydrogens (tertiary/aromatic N) is 1. The molecule has 0 radical (unpaired) electrons. The fourth-order valence-corrected chi connectivity index (χ4v) is 3.71. The Kier molecular flexibility index (Phi) is 6.17. The number of rotatable bonds is 6. The van der Waals surface area contributed by atoms with Crippen molar-refractivity contribution in [3.63, 3.8) is 0 Å². The predicted octanol–water partition coefficient (Wildman–Crippen LogP) is 4.25. The molecule has 1 aromatic heterocycles. The molecule has 2 heterocycles. The van der Waals surface area contributed by atoms with Gasteiger partial charge in [0, 0.05) is 30.3 Å². The minimum atomic E-state index is -1.10. The van der Waals surface area contributed by atoms with Gasteiger partial charge in [0.1, 0.15) is 11.8 Å². The van der Waals surface area contributed by atoms with E-state index in [1.54, 1.807) is 6.07 Å². The Hall–Kier alpha value is -2.87. The number of Topliss-reactive ketones (excluding diaryl/α,β-unsaturated/α-hetero) is 1. The molecule has 0 unspecified atom stereocenters. The molecule has 1 N–H and O–H groups in total. The van der Waals surface area contributed by atoms with Gasteiger partial charge in [0.15, 0.2) is 17.3 Å². The summed E-state index contributed by atoms with van der Waals surface area (Å²) >= 11 is 0. The highest BCUT2D eigenvalue weighted by Crippen LogP contribution is 2.46. The molecule has 160 valence electrons. The molecule has 8 heteroatoms. The van der Waals surface area contributed by atoms with Crippen LogP contribution >= 0.6 is 0 Å². The lowest BCUT2D eigenvalue weighted by Gasteiger charge is -2.22. The Morgan fingerprint density at radius 1 is 1.33 bits per heavy atom. The van der Waals surface area contributed by atoms with Crippen LogP contribution in [0.15, 0.2) is 30.5 Å². The largest absolute Gasteiger partial charge is 0.493 e. The third-order valence-electron chi connectivity index (χ3n) is 5.51. The van der Waals surface area contributed by atoms with E-state index in [0.717, 1.165) is 6.07 Å². The number of methoxy groups -OCH3 is 1. The number of ether oxygens (including phenoxy) is 2. The number of benzene rings is 1. The first kappa shape index (κ1) is 21.8. The third kappa shape index (κ3) is 4.18. The number of amides is 1. The molecular weight excluding hydrogens is 394 g/mol. The molecule has 3 rings (SSSR count). The van der Waals surface area contributed by atoms with Crippen molar-refractivity contribution >= 4 is 17.4 Å². The van der Waals surface area contributed by atoms with Crippen LogP contribution in [0.5, 0.6) is 5.75 Å². The zero-order valence-electron chi connectivity index (χ0n) is 17.3. The van der Waals surface area contributed by atoms with Crippen LogP contribution in [0.3, 0.4) is 0 Å². The molecule has 30 heavy (non-hydrogen) atoms. The van der Waals surface area contributed by atoms with E-state index in [4.69, 9.17) is 9.47 Å². The molecule has 1 aliphatic heterocycles. The Balaban J connectivity index is 1.95. The average Bonchev–Trinajstić information content (AvgIpc) is 3.08. The topological polar surface area (TPSA) is 77.5 Å². The van der Waals surface area contributed by atoms with E-state index < -0.39 is 35.2 Å². The Bertz CT molecular complexity index is 982. The monoisotopic (exact) mass is 418 g/mol. The maximum absolute atomic E-state index is 14.3. The first-order chi connectivity index (χ1) is 14.2. The van der Waals surface area contributed by atoms with Crippen molar-refractivity contribution in [2.45, 2.75) is 51.2 Å². The van der Waals surface area contributed by atoms with Gasteiger partial charge >= 0.3 is 0 Å². The molecule has 0 bridgehead atoms. The van der Waals surface area contributed by atoms with Crippen LogP contribution < -0.4 is 10.1 Å². The average molecular weight is 418 g/mol. The molecule has 0 saturated carbocycles. The second kappa shape index (κ2) is 8.47. The standard InChI is InChI=1S/C22H24F2N2O4/c1-5-22(3)11-15(14-6-7-16(23)18(24)19(14)29-4)20(30-22)21(28)26-13-8-9-25-17(10-13)12(2)27/h6-10,15,20H,5,11H2,1-4H3,(H,25,26,28)/t15-,20+,22+/m1/s1. The molecule has 1 aromatic carbocycles. The number of anilines is 1. The first-order valence-electron chi connectivity index (χ1n) is 9.66. The van der Waals surface area contributed by atoms with Crippen LogP contribution in [0.4, 0.5) is 14.5 Å². The molecule has 1 amide bonds. The van der Waals surface area contributed by atoms with Crippen molar-refractivity contribution in [2.24, 2.45) is 0 Å². The van der Waals surface area contributed by atoms with Gasteiger partial charge in [0.05, 0.1) is 12.7 Å². The summed E-state index contributed by atoms with van der Waals surface area (Å²) in [6.45, 7) is 5.19. The van der Waals surface area contributed by atoms with Gasteiger partial charge in [0.25, 0.3) is 5.91 Å². The van der Waals surface area contributed by atoms with Crippen LogP contribution in [0.2, 0.25) is 0 Å². The van der Waals surface area contributed by atoms with Crippen molar-refractivity contribution in [2.75, 3.05) is 12.4 Å². The van der Waals surface area contributed by atoms with Gasteiger partial charge < -0.3 is 14.8 Å². The number of carbonyl (C=O) groups is 2. The Morgan fingerprint density at radius 3 is 2.70 bits per heavy atom. The molecular formula is C22H24F2N2O4. The highest BCUT2D eigenvalue weighted by Gasteiger charge is 2.47. The minimum Gasteiger partial charge on any atom is -0.493 e.